The van der Waals surface area contributed by atoms with E-state index in [-0.39, 0.29) is 1.43 Å². The van der Waals surface area contributed by atoms with Crippen LogP contribution in [0.4, 0.5) is 0 Å². The van der Waals surface area contributed by atoms with Crippen LogP contribution in [0.25, 0.3) is 0 Å². The summed E-state index contributed by atoms with van der Waals surface area (Å²) in [6, 6.07) is 26.8. The molecule has 0 radical (unpaired) electrons. The van der Waals surface area contributed by atoms with E-state index in [1.165, 1.54) is 190 Å². The molecule has 0 heterocycles. The maximum atomic E-state index is 5.55. The van der Waals surface area contributed by atoms with Crippen LogP contribution in [-0.4, -0.2) is 13.2 Å². The molecule has 0 unspecified atom stereocenters. The Labute approximate surface area is 581 Å². The minimum atomic E-state index is 0. The maximum Gasteiger partial charge on any atom is 0.119 e. The Morgan fingerprint density at radius 2 is 0.703 bits per heavy atom. The van der Waals surface area contributed by atoms with Crippen molar-refractivity contribution in [3.8, 4) is 11.5 Å². The summed E-state index contributed by atoms with van der Waals surface area (Å²) in [6.45, 7) is 70.7. The summed E-state index contributed by atoms with van der Waals surface area (Å²) < 4.78 is 11.0. The number of aryl methyl sites for hydroxylation is 3. The number of unbranched alkanes of at least 4 members (excludes halogenated alkanes) is 2. The lowest BCUT2D eigenvalue weighted by Crippen LogP contribution is -2.15. The molecule has 4 rings (SSSR count). The van der Waals surface area contributed by atoms with Gasteiger partial charge in [-0.15, -0.1) is 0 Å². The summed E-state index contributed by atoms with van der Waals surface area (Å²) in [5.41, 5.74) is 5.25. The van der Waals surface area contributed by atoms with Gasteiger partial charge >= 0.3 is 0 Å². The van der Waals surface area contributed by atoms with Crippen LogP contribution in [0.15, 0.2) is 78.9 Å². The first-order valence-electron chi connectivity index (χ1n) is 40.0. The van der Waals surface area contributed by atoms with E-state index in [0.29, 0.717) is 10.8 Å². The summed E-state index contributed by atoms with van der Waals surface area (Å²) in [5, 5.41) is 0. The van der Waals surface area contributed by atoms with E-state index in [1.807, 2.05) is 44.2 Å². The molecule has 0 spiro atoms. The van der Waals surface area contributed by atoms with Crippen LogP contribution in [0.2, 0.25) is 0 Å². The smallest absolute Gasteiger partial charge is 0.119 e. The van der Waals surface area contributed by atoms with Crippen molar-refractivity contribution in [2.45, 2.75) is 407 Å². The minimum Gasteiger partial charge on any atom is -0.494 e. The highest BCUT2D eigenvalue weighted by atomic mass is 16.5. The summed E-state index contributed by atoms with van der Waals surface area (Å²) in [4.78, 5) is 0. The molecular weight excluding hydrogens is 1100 g/mol. The van der Waals surface area contributed by atoms with E-state index >= 15 is 0 Å². The van der Waals surface area contributed by atoms with Gasteiger partial charge in [-0.2, -0.15) is 0 Å². The molecule has 3 aromatic rings. The predicted octanol–water partition coefficient (Wildman–Crippen LogP) is 32.7. The lowest BCUT2D eigenvalue weighted by atomic mass is 9.78. The first-order chi connectivity index (χ1) is 43.6. The van der Waals surface area contributed by atoms with E-state index in [9.17, 15) is 0 Å². The van der Waals surface area contributed by atoms with Crippen molar-refractivity contribution in [2.24, 2.45) is 46.3 Å². The Bertz CT molecular complexity index is 1600. The zero-order valence-electron chi connectivity index (χ0n) is 68.9. The predicted molar refractivity (Wildman–Crippen MR) is 430 cm³/mol. The summed E-state index contributed by atoms with van der Waals surface area (Å²) in [6.07, 6.45) is 40.1. The van der Waals surface area contributed by atoms with Crippen LogP contribution in [0.3, 0.4) is 0 Å². The summed E-state index contributed by atoms with van der Waals surface area (Å²) in [5.74, 6) is 7.94. The van der Waals surface area contributed by atoms with Crippen LogP contribution in [0, 0.1) is 60.2 Å². The number of benzene rings is 3. The van der Waals surface area contributed by atoms with Crippen molar-refractivity contribution in [1.29, 1.82) is 0 Å². The highest BCUT2D eigenvalue weighted by molar-refractivity contribution is 5.27. The van der Waals surface area contributed by atoms with Gasteiger partial charge in [-0.3, -0.25) is 0 Å². The van der Waals surface area contributed by atoms with Gasteiger partial charge in [0, 0.05) is 1.43 Å². The van der Waals surface area contributed by atoms with Crippen LogP contribution < -0.4 is 9.47 Å². The molecule has 1 aliphatic carbocycles. The average Bonchev–Trinajstić information content (AvgIpc) is 2.71. The van der Waals surface area contributed by atoms with Gasteiger partial charge < -0.3 is 9.47 Å². The number of hydrogen-bond donors (Lipinski definition) is 0. The molecule has 0 bridgehead atoms. The molecule has 0 aliphatic heterocycles. The van der Waals surface area contributed by atoms with Gasteiger partial charge in [-0.1, -0.05) is 440 Å². The van der Waals surface area contributed by atoms with Crippen molar-refractivity contribution in [1.82, 2.24) is 0 Å². The Hall–Kier alpha value is -2.74. The zero-order valence-corrected chi connectivity index (χ0v) is 68.9. The van der Waals surface area contributed by atoms with Crippen LogP contribution in [-0.2, 0) is 6.42 Å². The van der Waals surface area contributed by atoms with E-state index < -0.39 is 0 Å². The largest absolute Gasteiger partial charge is 0.494 e. The molecule has 1 fully saturated rings. The van der Waals surface area contributed by atoms with Crippen molar-refractivity contribution < 1.29 is 10.9 Å². The fourth-order valence-corrected chi connectivity index (χ4v) is 9.53. The highest BCUT2D eigenvalue weighted by Gasteiger charge is 2.20. The topological polar surface area (TPSA) is 18.5 Å². The Morgan fingerprint density at radius 1 is 0.396 bits per heavy atom. The molecule has 0 N–H and O–H groups in total. The van der Waals surface area contributed by atoms with Crippen molar-refractivity contribution in [3.05, 3.63) is 95.6 Å². The zero-order chi connectivity index (χ0) is 71.6. The Kier molecular flexibility index (Phi) is 93.4. The molecule has 2 nitrogen and oxygen atoms in total. The summed E-state index contributed by atoms with van der Waals surface area (Å²) >= 11 is 0. The molecule has 546 valence electrons. The second-order valence-electron chi connectivity index (χ2n) is 26.7. The van der Waals surface area contributed by atoms with Gasteiger partial charge in [0.2, 0.25) is 0 Å². The number of rotatable bonds is 29. The molecule has 3 aromatic carbocycles. The lowest BCUT2D eigenvalue weighted by Gasteiger charge is -2.28. The third-order valence-corrected chi connectivity index (χ3v) is 19.6. The molecule has 0 amide bonds. The second-order valence-corrected chi connectivity index (χ2v) is 26.7. The van der Waals surface area contributed by atoms with Gasteiger partial charge in [-0.05, 0) is 109 Å². The molecule has 0 saturated heterocycles. The number of hydrogen-bond acceptors (Lipinski definition) is 2. The molecule has 1 saturated carbocycles. The van der Waals surface area contributed by atoms with E-state index in [0.717, 1.165) is 79.5 Å². The monoisotopic (exact) mass is 1280 g/mol. The van der Waals surface area contributed by atoms with E-state index in [4.69, 9.17) is 9.47 Å². The van der Waals surface area contributed by atoms with Gasteiger partial charge in [0.05, 0.1) is 13.2 Å². The van der Waals surface area contributed by atoms with Gasteiger partial charge in [0.1, 0.15) is 11.5 Å². The Morgan fingerprint density at radius 3 is 0.879 bits per heavy atom. The third-order valence-electron chi connectivity index (χ3n) is 19.6. The fourth-order valence-electron chi connectivity index (χ4n) is 9.53. The first kappa shape index (κ1) is 104. The van der Waals surface area contributed by atoms with Crippen LogP contribution in [0.5, 0.6) is 11.5 Å². The van der Waals surface area contributed by atoms with Gasteiger partial charge in [0.25, 0.3) is 0 Å². The summed E-state index contributed by atoms with van der Waals surface area (Å²) in [7, 11) is 0. The minimum absolute atomic E-state index is 0. The third kappa shape index (κ3) is 74.5. The molecule has 0 atom stereocenters. The average molecular weight is 1280 g/mol. The van der Waals surface area contributed by atoms with Gasteiger partial charge in [-0.25, -0.2) is 0 Å². The Balaban J connectivity index is -0.000000119. The fraction of sp³-hybridized carbons (Fsp3) is 0.798. The maximum absolute atomic E-state index is 5.55. The number of ether oxygens (including phenoxy) is 2. The van der Waals surface area contributed by atoms with Crippen molar-refractivity contribution in [3.63, 3.8) is 0 Å². The molecule has 1 aliphatic rings. The SMILES string of the molecule is CC.CCC.CCC(C)(CC)CC.CCC(C)CC.CCC(C)CC.CCC(CC)(CC)CC.CCC(CC)CC.CCC1CCC(CC)CC1.CCCC(C)CCC.CCCCOc1ccc(C)cc1.CCCCOc1ccc(CC)cc1.Cc1ccccc1.[HH]. The van der Waals surface area contributed by atoms with Crippen molar-refractivity contribution in [2.75, 3.05) is 13.2 Å². The van der Waals surface area contributed by atoms with E-state index in [2.05, 4.69) is 249 Å². The second kappa shape index (κ2) is 81.5. The standard InChI is InChI=1S/C12H18O.C11H16O.C10H20.C9H20.2C8H18.C7H8.C7H16.2C6H14.C3H8.C2H6.H2/c1-3-5-10-13-12-8-6-11(4-2)7-9-12;1-3-4-9-12-11-7-5-10(2)6-8-11;1-3-9-5-7-10(4-2)8-6-9;1-5-9(6-2,7-3)8-4;1-5-8(4,6-2)7-3;1-4-6-8(3)7-5-2;1-7-5-3-2-4-6-7;1-4-7(5-2)6-3;2*1-4-6(3)5-2;1-3-2;1-2;/h6-9H,3-5,10H2,1-2H3;5-8H,3-4,9H2,1-2H3;9-10H,3-8H2,1-2H3;5-8H2,1-4H3;5-7H2,1-4H3;8H,4-7H2,1-3H3;2-6H,1H3;7H,4-6H2,1-3H3;2*6H,4-5H2,1-3H3;3H2,1-2H3;1-2H3;1H. The first-order valence-corrected chi connectivity index (χ1v) is 40.0. The van der Waals surface area contributed by atoms with Gasteiger partial charge in [0.15, 0.2) is 0 Å². The highest BCUT2D eigenvalue weighted by Crippen LogP contribution is 2.34. The molecule has 91 heavy (non-hydrogen) atoms. The van der Waals surface area contributed by atoms with E-state index in [1.54, 1.807) is 0 Å². The molecule has 0 aromatic heterocycles. The quantitative estimate of drug-likeness (QED) is 0.0645. The van der Waals surface area contributed by atoms with Crippen LogP contribution in [0.1, 0.15) is 405 Å². The normalized spacial score (nSPS) is 12.7. The van der Waals surface area contributed by atoms with Crippen molar-refractivity contribution >= 4 is 0 Å². The molecular formula is C89H178O2. The lowest BCUT2D eigenvalue weighted by molar-refractivity contribution is 0.240. The molecule has 2 heteroatoms. The van der Waals surface area contributed by atoms with Crippen LogP contribution >= 0.6 is 0 Å².